The van der Waals surface area contributed by atoms with Gasteiger partial charge in [-0.1, -0.05) is 11.3 Å². The summed E-state index contributed by atoms with van der Waals surface area (Å²) < 4.78 is 0. The molecule has 6 nitrogen and oxygen atoms in total. The van der Waals surface area contributed by atoms with Crippen LogP contribution in [0.1, 0.15) is 18.0 Å². The lowest BCUT2D eigenvalue weighted by atomic mass is 10.2. The van der Waals surface area contributed by atoms with Crippen LogP contribution in [0.25, 0.3) is 10.6 Å². The second-order valence-electron chi connectivity index (χ2n) is 3.54. The van der Waals surface area contributed by atoms with Crippen molar-refractivity contribution in [1.29, 1.82) is 0 Å². The maximum atomic E-state index is 10.5. The Morgan fingerprint density at radius 1 is 1.35 bits per heavy atom. The summed E-state index contributed by atoms with van der Waals surface area (Å²) in [5.74, 6) is 0. The van der Waals surface area contributed by atoms with Crippen molar-refractivity contribution in [2.45, 2.75) is 13.0 Å². The van der Waals surface area contributed by atoms with Gasteiger partial charge in [0.2, 0.25) is 0 Å². The minimum atomic E-state index is -0.433. The predicted molar refractivity (Wildman–Crippen MR) is 64.6 cm³/mol. The Balaban J connectivity index is 2.30. The van der Waals surface area contributed by atoms with Crippen molar-refractivity contribution < 1.29 is 4.92 Å². The Morgan fingerprint density at radius 2 is 2.00 bits per heavy atom. The van der Waals surface area contributed by atoms with E-state index in [1.54, 1.807) is 12.1 Å². The van der Waals surface area contributed by atoms with E-state index in [4.69, 9.17) is 5.73 Å². The number of non-ortho nitro benzene ring substituents is 1. The summed E-state index contributed by atoms with van der Waals surface area (Å²) in [4.78, 5) is 10.1. The number of hydrogen-bond acceptors (Lipinski definition) is 6. The smallest absolute Gasteiger partial charge is 0.269 e. The van der Waals surface area contributed by atoms with Crippen molar-refractivity contribution >= 4 is 17.0 Å². The van der Waals surface area contributed by atoms with E-state index in [-0.39, 0.29) is 11.7 Å². The fraction of sp³-hybridized carbons (Fsp3) is 0.200. The van der Waals surface area contributed by atoms with Crippen LogP contribution in [-0.2, 0) is 0 Å². The zero-order valence-corrected chi connectivity index (χ0v) is 9.85. The first-order valence-corrected chi connectivity index (χ1v) is 5.73. The van der Waals surface area contributed by atoms with Crippen LogP contribution in [0.3, 0.4) is 0 Å². The molecule has 0 aliphatic carbocycles. The summed E-state index contributed by atoms with van der Waals surface area (Å²) in [6.45, 7) is 1.83. The molecule has 1 unspecified atom stereocenters. The van der Waals surface area contributed by atoms with E-state index in [1.807, 2.05) is 6.92 Å². The highest BCUT2D eigenvalue weighted by Gasteiger charge is 2.11. The summed E-state index contributed by atoms with van der Waals surface area (Å²) in [6.07, 6.45) is 0. The molecule has 7 heteroatoms. The Hall–Kier alpha value is -1.86. The van der Waals surface area contributed by atoms with Crippen LogP contribution in [-0.4, -0.2) is 15.1 Å². The number of nitro groups is 1. The van der Waals surface area contributed by atoms with Gasteiger partial charge in [-0.3, -0.25) is 10.1 Å². The molecule has 0 saturated heterocycles. The summed E-state index contributed by atoms with van der Waals surface area (Å²) in [7, 11) is 0. The van der Waals surface area contributed by atoms with Crippen LogP contribution in [0.2, 0.25) is 0 Å². The molecular formula is C10H10N4O2S. The Kier molecular flexibility index (Phi) is 3.12. The van der Waals surface area contributed by atoms with Crippen molar-refractivity contribution in [3.63, 3.8) is 0 Å². The lowest BCUT2D eigenvalue weighted by Crippen LogP contribution is -2.03. The molecule has 2 rings (SSSR count). The third-order valence-corrected chi connectivity index (χ3v) is 3.33. The van der Waals surface area contributed by atoms with Gasteiger partial charge in [-0.2, -0.15) is 0 Å². The highest BCUT2D eigenvalue weighted by atomic mass is 32.1. The van der Waals surface area contributed by atoms with Crippen molar-refractivity contribution in [2.24, 2.45) is 5.73 Å². The molecule has 0 amide bonds. The molecule has 1 aromatic heterocycles. The molecule has 88 valence electrons. The minimum Gasteiger partial charge on any atom is -0.322 e. The van der Waals surface area contributed by atoms with Crippen molar-refractivity contribution in [3.8, 4) is 10.6 Å². The van der Waals surface area contributed by atoms with Gasteiger partial charge in [-0.25, -0.2) is 0 Å². The van der Waals surface area contributed by atoms with Gasteiger partial charge < -0.3 is 5.73 Å². The number of nitro benzene ring substituents is 1. The molecular weight excluding hydrogens is 240 g/mol. The molecule has 0 saturated carbocycles. The van der Waals surface area contributed by atoms with E-state index < -0.39 is 4.92 Å². The SMILES string of the molecule is CC(N)c1nnc(-c2ccc([N+](=O)[O-])cc2)s1. The molecule has 17 heavy (non-hydrogen) atoms. The van der Waals surface area contributed by atoms with E-state index >= 15 is 0 Å². The molecule has 1 heterocycles. The Bertz CT molecular complexity index is 535. The van der Waals surface area contributed by atoms with Gasteiger partial charge in [0.15, 0.2) is 0 Å². The zero-order valence-electron chi connectivity index (χ0n) is 9.03. The second-order valence-corrected chi connectivity index (χ2v) is 4.55. The van der Waals surface area contributed by atoms with Crippen LogP contribution in [0, 0.1) is 10.1 Å². The van der Waals surface area contributed by atoms with Crippen LogP contribution >= 0.6 is 11.3 Å². The molecule has 2 N–H and O–H groups in total. The van der Waals surface area contributed by atoms with Gasteiger partial charge in [0.05, 0.1) is 11.0 Å². The van der Waals surface area contributed by atoms with Gasteiger partial charge in [-0.15, -0.1) is 10.2 Å². The highest BCUT2D eigenvalue weighted by Crippen LogP contribution is 2.27. The summed E-state index contributed by atoms with van der Waals surface area (Å²) >= 11 is 1.39. The van der Waals surface area contributed by atoms with Gasteiger partial charge in [0, 0.05) is 17.7 Å². The van der Waals surface area contributed by atoms with E-state index in [2.05, 4.69) is 10.2 Å². The topological polar surface area (TPSA) is 94.9 Å². The van der Waals surface area contributed by atoms with E-state index in [1.165, 1.54) is 23.5 Å². The molecule has 0 bridgehead atoms. The van der Waals surface area contributed by atoms with Gasteiger partial charge in [0.25, 0.3) is 5.69 Å². The maximum absolute atomic E-state index is 10.5. The number of benzene rings is 1. The summed E-state index contributed by atoms with van der Waals surface area (Å²) in [5.41, 5.74) is 6.55. The molecule has 0 aliphatic heterocycles. The van der Waals surface area contributed by atoms with Crippen molar-refractivity contribution in [3.05, 3.63) is 39.4 Å². The molecule has 0 spiro atoms. The Morgan fingerprint density at radius 3 is 2.47 bits per heavy atom. The van der Waals surface area contributed by atoms with E-state index in [0.717, 1.165) is 10.6 Å². The lowest BCUT2D eigenvalue weighted by Gasteiger charge is -1.96. The first kappa shape index (κ1) is 11.6. The number of aromatic nitrogens is 2. The van der Waals surface area contributed by atoms with Gasteiger partial charge in [0.1, 0.15) is 10.0 Å². The normalized spacial score (nSPS) is 12.4. The van der Waals surface area contributed by atoms with Crippen LogP contribution in [0.4, 0.5) is 5.69 Å². The average molecular weight is 250 g/mol. The number of rotatable bonds is 3. The quantitative estimate of drug-likeness (QED) is 0.665. The average Bonchev–Trinajstić information content (AvgIpc) is 2.78. The standard InChI is InChI=1S/C10H10N4O2S/c1-6(11)9-12-13-10(17-9)7-2-4-8(5-3-7)14(15)16/h2-6H,11H2,1H3. The number of nitrogens with zero attached hydrogens (tertiary/aromatic N) is 3. The van der Waals surface area contributed by atoms with Gasteiger partial charge in [-0.05, 0) is 19.1 Å². The van der Waals surface area contributed by atoms with Crippen molar-refractivity contribution in [2.75, 3.05) is 0 Å². The zero-order chi connectivity index (χ0) is 12.4. The highest BCUT2D eigenvalue weighted by molar-refractivity contribution is 7.14. The minimum absolute atomic E-state index is 0.0608. The lowest BCUT2D eigenvalue weighted by molar-refractivity contribution is -0.384. The monoisotopic (exact) mass is 250 g/mol. The molecule has 0 radical (unpaired) electrons. The third kappa shape index (κ3) is 2.45. The molecule has 1 aromatic carbocycles. The maximum Gasteiger partial charge on any atom is 0.269 e. The largest absolute Gasteiger partial charge is 0.322 e. The second kappa shape index (κ2) is 4.56. The van der Waals surface area contributed by atoms with Crippen LogP contribution < -0.4 is 5.73 Å². The predicted octanol–water partition coefficient (Wildman–Crippen LogP) is 2.13. The molecule has 0 aliphatic rings. The fourth-order valence-electron chi connectivity index (χ4n) is 1.26. The first-order chi connectivity index (χ1) is 8.08. The number of hydrogen-bond donors (Lipinski definition) is 1. The third-order valence-electron chi connectivity index (χ3n) is 2.16. The molecule has 0 fully saturated rings. The fourth-order valence-corrected chi connectivity index (χ4v) is 2.06. The number of nitrogens with two attached hydrogens (primary N) is 1. The first-order valence-electron chi connectivity index (χ1n) is 4.91. The van der Waals surface area contributed by atoms with E-state index in [0.29, 0.717) is 5.01 Å². The summed E-state index contributed by atoms with van der Waals surface area (Å²) in [5, 5.41) is 19.9. The molecule has 1 atom stereocenters. The van der Waals surface area contributed by atoms with Crippen LogP contribution in [0.15, 0.2) is 24.3 Å². The van der Waals surface area contributed by atoms with E-state index in [9.17, 15) is 10.1 Å². The summed E-state index contributed by atoms with van der Waals surface area (Å²) in [6, 6.07) is 6.05. The van der Waals surface area contributed by atoms with Crippen molar-refractivity contribution in [1.82, 2.24) is 10.2 Å². The van der Waals surface area contributed by atoms with Gasteiger partial charge >= 0.3 is 0 Å². The molecule has 2 aromatic rings. The van der Waals surface area contributed by atoms with Crippen LogP contribution in [0.5, 0.6) is 0 Å². The Labute approximate surface area is 101 Å².